The molecule has 0 saturated heterocycles. The van der Waals surface area contributed by atoms with E-state index in [4.69, 9.17) is 4.65 Å². The first-order valence-corrected chi connectivity index (χ1v) is 4.36. The Kier molecular flexibility index (Phi) is 1.77. The number of hydrogen-bond donors (Lipinski definition) is 0. The second-order valence-corrected chi connectivity index (χ2v) is 3.83. The van der Waals surface area contributed by atoms with Crippen molar-refractivity contribution in [1.82, 2.24) is 0 Å². The normalized spacial score (nSPS) is 17.7. The Hall–Kier alpha value is -1.09. The van der Waals surface area contributed by atoms with Crippen LogP contribution in [0.5, 0.6) is 0 Å². The molecule has 1 aromatic rings. The quantitative estimate of drug-likeness (QED) is 0.463. The zero-order valence-electron chi connectivity index (χ0n) is 7.83. The van der Waals surface area contributed by atoms with Crippen LogP contribution in [0.2, 0.25) is 0 Å². The fourth-order valence-corrected chi connectivity index (χ4v) is 1.73. The van der Waals surface area contributed by atoms with E-state index in [1.165, 1.54) is 5.56 Å². The molecule has 0 amide bonds. The first kappa shape index (κ1) is 8.51. The van der Waals surface area contributed by atoms with E-state index in [0.717, 1.165) is 17.3 Å². The number of carbonyl (C=O) groups is 1. The van der Waals surface area contributed by atoms with Crippen LogP contribution in [-0.4, -0.2) is 13.8 Å². The lowest BCUT2D eigenvalue weighted by atomic mass is 9.83. The van der Waals surface area contributed by atoms with Gasteiger partial charge in [-0.1, -0.05) is 18.2 Å². The molecule has 0 unspecified atom stereocenters. The minimum absolute atomic E-state index is 0.198. The second kappa shape index (κ2) is 2.71. The number of fused-ring (bicyclic) bond motifs is 1. The summed E-state index contributed by atoms with van der Waals surface area (Å²) < 4.78 is 5.59. The first-order chi connectivity index (χ1) is 6.13. The van der Waals surface area contributed by atoms with Crippen LogP contribution in [0.4, 0.5) is 0 Å². The van der Waals surface area contributed by atoms with Crippen LogP contribution in [0.3, 0.4) is 0 Å². The molecule has 1 aliphatic rings. The van der Waals surface area contributed by atoms with E-state index in [1.54, 1.807) is 0 Å². The molecule has 13 heavy (non-hydrogen) atoms. The van der Waals surface area contributed by atoms with Crippen molar-refractivity contribution in [3.63, 3.8) is 0 Å². The van der Waals surface area contributed by atoms with Gasteiger partial charge in [-0.2, -0.15) is 0 Å². The molecular formula is C10H11BO2. The average molecular weight is 174 g/mol. The molecule has 0 bridgehead atoms. The van der Waals surface area contributed by atoms with Crippen molar-refractivity contribution in [2.45, 2.75) is 19.4 Å². The highest BCUT2D eigenvalue weighted by atomic mass is 16.5. The highest BCUT2D eigenvalue weighted by Crippen LogP contribution is 2.27. The lowest BCUT2D eigenvalue weighted by Crippen LogP contribution is -2.16. The molecule has 1 aliphatic heterocycles. The summed E-state index contributed by atoms with van der Waals surface area (Å²) >= 11 is 0. The molecule has 0 atom stereocenters. The van der Waals surface area contributed by atoms with Crippen LogP contribution in [0.1, 0.15) is 29.8 Å². The summed E-state index contributed by atoms with van der Waals surface area (Å²) in [6.07, 6.45) is 0.867. The van der Waals surface area contributed by atoms with E-state index in [0.29, 0.717) is 7.48 Å². The summed E-state index contributed by atoms with van der Waals surface area (Å²) in [7, 11) is 0.615. The second-order valence-electron chi connectivity index (χ2n) is 3.83. The molecule has 0 radical (unpaired) electrons. The Bertz CT molecular complexity index is 358. The van der Waals surface area contributed by atoms with Gasteiger partial charge in [0.1, 0.15) is 6.29 Å². The van der Waals surface area contributed by atoms with Crippen molar-refractivity contribution in [2.75, 3.05) is 0 Å². The van der Waals surface area contributed by atoms with E-state index in [1.807, 2.05) is 32.0 Å². The van der Waals surface area contributed by atoms with Gasteiger partial charge in [0.15, 0.2) is 0 Å². The molecule has 2 nitrogen and oxygen atoms in total. The molecular weight excluding hydrogens is 163 g/mol. The predicted molar refractivity (Wildman–Crippen MR) is 52.7 cm³/mol. The largest absolute Gasteiger partial charge is 0.426 e. The maximum absolute atomic E-state index is 10.5. The van der Waals surface area contributed by atoms with E-state index >= 15 is 0 Å². The van der Waals surface area contributed by atoms with E-state index in [9.17, 15) is 4.79 Å². The van der Waals surface area contributed by atoms with Crippen molar-refractivity contribution in [3.8, 4) is 0 Å². The minimum atomic E-state index is -0.198. The predicted octanol–water partition coefficient (Wildman–Crippen LogP) is 0.741. The third-order valence-electron chi connectivity index (χ3n) is 2.50. The smallest absolute Gasteiger partial charge is 0.310 e. The van der Waals surface area contributed by atoms with Gasteiger partial charge in [-0.15, -0.1) is 0 Å². The highest BCUT2D eigenvalue weighted by molar-refractivity contribution is 6.49. The van der Waals surface area contributed by atoms with Gasteiger partial charge in [0, 0.05) is 5.56 Å². The van der Waals surface area contributed by atoms with E-state index < -0.39 is 0 Å². The molecule has 3 heteroatoms. The van der Waals surface area contributed by atoms with Crippen molar-refractivity contribution < 1.29 is 9.45 Å². The Balaban J connectivity index is 2.52. The lowest BCUT2D eigenvalue weighted by molar-refractivity contribution is 0.112. The van der Waals surface area contributed by atoms with Crippen molar-refractivity contribution in [3.05, 3.63) is 29.3 Å². The third kappa shape index (κ3) is 1.29. The summed E-state index contributed by atoms with van der Waals surface area (Å²) in [4.78, 5) is 10.5. The molecule has 0 fully saturated rings. The fraction of sp³-hybridized carbons (Fsp3) is 0.300. The number of carbonyl (C=O) groups excluding carboxylic acids is 1. The Labute approximate surface area is 78.2 Å². The van der Waals surface area contributed by atoms with Crippen LogP contribution in [0.15, 0.2) is 18.2 Å². The molecule has 0 N–H and O–H groups in total. The van der Waals surface area contributed by atoms with Gasteiger partial charge >= 0.3 is 7.48 Å². The lowest BCUT2D eigenvalue weighted by Gasteiger charge is -2.19. The maximum atomic E-state index is 10.5. The summed E-state index contributed by atoms with van der Waals surface area (Å²) in [6.45, 7) is 4.08. The van der Waals surface area contributed by atoms with Gasteiger partial charge in [0.05, 0.1) is 5.60 Å². The van der Waals surface area contributed by atoms with Crippen LogP contribution >= 0.6 is 0 Å². The zero-order chi connectivity index (χ0) is 9.47. The molecule has 0 spiro atoms. The molecule has 0 aliphatic carbocycles. The van der Waals surface area contributed by atoms with Crippen LogP contribution in [0.25, 0.3) is 0 Å². The standard InChI is InChI=1S/C10H11BO2/c1-10(2)8-4-3-7(6-12)5-9(8)11-13-10/h3-6,11H,1-2H3. The molecule has 0 saturated carbocycles. The number of benzene rings is 1. The minimum Gasteiger partial charge on any atom is -0.426 e. The van der Waals surface area contributed by atoms with Gasteiger partial charge in [-0.3, -0.25) is 4.79 Å². The SMILES string of the molecule is CC1(C)OBc2cc(C=O)ccc21. The first-order valence-electron chi connectivity index (χ1n) is 4.36. The molecule has 1 aromatic carbocycles. The van der Waals surface area contributed by atoms with Crippen molar-refractivity contribution >= 4 is 19.2 Å². The van der Waals surface area contributed by atoms with E-state index in [-0.39, 0.29) is 5.60 Å². The summed E-state index contributed by atoms with van der Waals surface area (Å²) in [5.41, 5.74) is 2.85. The molecule has 0 aromatic heterocycles. The number of aldehydes is 1. The fourth-order valence-electron chi connectivity index (χ4n) is 1.73. The third-order valence-corrected chi connectivity index (χ3v) is 2.50. The highest BCUT2D eigenvalue weighted by Gasteiger charge is 2.30. The van der Waals surface area contributed by atoms with Crippen molar-refractivity contribution in [1.29, 1.82) is 0 Å². The maximum Gasteiger partial charge on any atom is 0.310 e. The van der Waals surface area contributed by atoms with Gasteiger partial charge in [0.2, 0.25) is 0 Å². The number of rotatable bonds is 1. The summed E-state index contributed by atoms with van der Waals surface area (Å²) in [5, 5.41) is 0. The molecule has 2 rings (SSSR count). The topological polar surface area (TPSA) is 26.3 Å². The summed E-state index contributed by atoms with van der Waals surface area (Å²) in [5.74, 6) is 0. The Morgan fingerprint density at radius 1 is 1.46 bits per heavy atom. The zero-order valence-corrected chi connectivity index (χ0v) is 7.83. The van der Waals surface area contributed by atoms with Crippen LogP contribution in [-0.2, 0) is 10.3 Å². The summed E-state index contributed by atoms with van der Waals surface area (Å²) in [6, 6.07) is 5.71. The van der Waals surface area contributed by atoms with Crippen molar-refractivity contribution in [2.24, 2.45) is 0 Å². The van der Waals surface area contributed by atoms with Gasteiger partial charge in [-0.05, 0) is 24.9 Å². The Morgan fingerprint density at radius 2 is 2.23 bits per heavy atom. The van der Waals surface area contributed by atoms with E-state index in [2.05, 4.69) is 0 Å². The van der Waals surface area contributed by atoms with Crippen LogP contribution < -0.4 is 5.46 Å². The molecule has 1 heterocycles. The van der Waals surface area contributed by atoms with Crippen LogP contribution in [0, 0.1) is 0 Å². The van der Waals surface area contributed by atoms with Gasteiger partial charge in [-0.25, -0.2) is 0 Å². The number of hydrogen-bond acceptors (Lipinski definition) is 2. The van der Waals surface area contributed by atoms with Gasteiger partial charge < -0.3 is 4.65 Å². The van der Waals surface area contributed by atoms with Gasteiger partial charge in [0.25, 0.3) is 0 Å². The molecule has 66 valence electrons. The Morgan fingerprint density at radius 3 is 2.92 bits per heavy atom. The monoisotopic (exact) mass is 174 g/mol. The average Bonchev–Trinajstić information content (AvgIpc) is 2.42.